The van der Waals surface area contributed by atoms with Crippen LogP contribution in [0.15, 0.2) is 59.5 Å². The predicted molar refractivity (Wildman–Crippen MR) is 173 cm³/mol. The third-order valence-electron chi connectivity index (χ3n) is 9.59. The molecule has 0 unspecified atom stereocenters. The topological polar surface area (TPSA) is 130 Å². The molecule has 3 heterocycles. The molecule has 4 aliphatic rings. The molecule has 1 aliphatic carbocycles. The van der Waals surface area contributed by atoms with Gasteiger partial charge in [-0.2, -0.15) is 0 Å². The Morgan fingerprint density at radius 3 is 2.50 bits per heavy atom. The zero-order valence-electron chi connectivity index (χ0n) is 23.9. The summed E-state index contributed by atoms with van der Waals surface area (Å²) in [5.74, 6) is -3.48. The average Bonchev–Trinajstić information content (AvgIpc) is 3.70. The van der Waals surface area contributed by atoms with E-state index in [1.807, 2.05) is 4.90 Å². The van der Waals surface area contributed by atoms with Crippen molar-refractivity contribution in [2.45, 2.75) is 49.1 Å². The molecule has 3 aliphatic heterocycles. The van der Waals surface area contributed by atoms with Crippen LogP contribution in [0.1, 0.15) is 43.7 Å². The van der Waals surface area contributed by atoms with Gasteiger partial charge in [-0.15, -0.1) is 0 Å². The fraction of sp³-hybridized carbons (Fsp3) is 0.375. The first-order chi connectivity index (χ1) is 21.3. The van der Waals surface area contributed by atoms with Crippen molar-refractivity contribution in [2.75, 3.05) is 29.6 Å². The highest BCUT2D eigenvalue weighted by molar-refractivity contribution is 7.90. The van der Waals surface area contributed by atoms with Crippen molar-refractivity contribution in [1.29, 1.82) is 0 Å². The molecule has 2 amide bonds. The number of nitro groups is 1. The Morgan fingerprint density at radius 1 is 1.09 bits per heavy atom. The maximum Gasteiger partial charge on any atom is 0.294 e. The third kappa shape index (κ3) is 4.80. The molecule has 3 fully saturated rings. The SMILES string of the molecule is C.CS(=O)(=O)c1ccc(N2CC[C@H]3[C@@H](C2=O)[C@H](c2cccc(Cl)c2F)[C@]2(C(=O)Nc4cc(Cl)ccc42)N3CC2CC2)c([N+](=O)[O-])c1. The molecule has 7 rings (SSSR count). The second kappa shape index (κ2) is 11.3. The molecular formula is C32H31Cl2FN4O6S. The number of fused-ring (bicyclic) bond motifs is 3. The number of carbonyl (C=O) groups excluding carboxylic acids is 2. The minimum atomic E-state index is -3.78. The molecule has 3 aromatic rings. The molecule has 1 saturated carbocycles. The molecule has 1 N–H and O–H groups in total. The van der Waals surface area contributed by atoms with E-state index in [2.05, 4.69) is 5.32 Å². The summed E-state index contributed by atoms with van der Waals surface area (Å²) in [6.45, 7) is 0.558. The van der Waals surface area contributed by atoms with Gasteiger partial charge in [0.25, 0.3) is 5.69 Å². The number of hydrogen-bond donors (Lipinski definition) is 1. The zero-order chi connectivity index (χ0) is 32.0. The number of nitro benzene ring substituents is 1. The summed E-state index contributed by atoms with van der Waals surface area (Å²) >= 11 is 12.6. The maximum atomic E-state index is 16.1. The Hall–Kier alpha value is -3.58. The van der Waals surface area contributed by atoms with E-state index in [0.717, 1.165) is 25.2 Å². The van der Waals surface area contributed by atoms with Crippen LogP contribution in [-0.4, -0.2) is 55.4 Å². The molecule has 14 heteroatoms. The van der Waals surface area contributed by atoms with Crippen molar-refractivity contribution in [2.24, 2.45) is 11.8 Å². The molecule has 10 nitrogen and oxygen atoms in total. The highest BCUT2D eigenvalue weighted by atomic mass is 35.5. The number of rotatable bonds is 6. The number of anilines is 2. The molecule has 242 valence electrons. The number of likely N-dealkylation sites (tertiary alicyclic amines) is 1. The van der Waals surface area contributed by atoms with Crippen LogP contribution in [0.3, 0.4) is 0 Å². The predicted octanol–water partition coefficient (Wildman–Crippen LogP) is 6.16. The zero-order valence-corrected chi connectivity index (χ0v) is 26.2. The molecule has 46 heavy (non-hydrogen) atoms. The Morgan fingerprint density at radius 2 is 1.83 bits per heavy atom. The smallest absolute Gasteiger partial charge is 0.294 e. The molecule has 0 bridgehead atoms. The van der Waals surface area contributed by atoms with E-state index in [4.69, 9.17) is 23.2 Å². The van der Waals surface area contributed by atoms with Crippen LogP contribution in [0.5, 0.6) is 0 Å². The number of piperidine rings is 1. The number of sulfone groups is 1. The van der Waals surface area contributed by atoms with Gasteiger partial charge in [0.1, 0.15) is 17.0 Å². The summed E-state index contributed by atoms with van der Waals surface area (Å²) in [4.78, 5) is 43.7. The molecule has 3 aromatic carbocycles. The molecular weight excluding hydrogens is 658 g/mol. The van der Waals surface area contributed by atoms with E-state index in [0.29, 0.717) is 29.2 Å². The molecule has 1 spiro atoms. The largest absolute Gasteiger partial charge is 0.324 e. The number of nitrogens with zero attached hydrogens (tertiary/aromatic N) is 3. The van der Waals surface area contributed by atoms with Crippen LogP contribution in [0.4, 0.5) is 21.5 Å². The standard InChI is InChI=1S/C31H27Cl2FN4O6S.CH4/c1-45(43,44)18-8-10-23(25(14-18)38(41)42)36-12-11-24-26(29(36)39)27(19-3-2-4-21(33)28(19)34)31(37(24)15-16-5-6-16)20-9-7-17(32)13-22(20)35-30(31)40;/h2-4,7-10,13-14,16,24,26-27H,5-6,11-12,15H2,1H3,(H,35,40);1H4/t24-,26+,27-,31+;/m0./s1. The van der Waals surface area contributed by atoms with Crippen molar-refractivity contribution in [3.05, 3.63) is 91.7 Å². The van der Waals surface area contributed by atoms with Crippen LogP contribution in [0.25, 0.3) is 0 Å². The van der Waals surface area contributed by atoms with Crippen LogP contribution >= 0.6 is 23.2 Å². The number of carbonyl (C=O) groups is 2. The fourth-order valence-corrected chi connectivity index (χ4v) is 8.58. The number of hydrogen-bond acceptors (Lipinski definition) is 7. The van der Waals surface area contributed by atoms with E-state index in [1.54, 1.807) is 24.3 Å². The minimum absolute atomic E-state index is 0. The summed E-state index contributed by atoms with van der Waals surface area (Å²) in [5.41, 5.74) is -0.989. The Labute approximate surface area is 275 Å². The fourth-order valence-electron chi connectivity index (χ4n) is 7.58. The van der Waals surface area contributed by atoms with Crippen molar-refractivity contribution in [3.63, 3.8) is 0 Å². The Balaban J connectivity index is 0.00000372. The van der Waals surface area contributed by atoms with Gasteiger partial charge in [-0.25, -0.2) is 12.8 Å². The summed E-state index contributed by atoms with van der Waals surface area (Å²) in [7, 11) is -3.78. The minimum Gasteiger partial charge on any atom is -0.324 e. The lowest BCUT2D eigenvalue weighted by Crippen LogP contribution is -2.54. The first kappa shape index (κ1) is 32.4. The van der Waals surface area contributed by atoms with Gasteiger partial charge in [0, 0.05) is 53.6 Å². The lowest BCUT2D eigenvalue weighted by Gasteiger charge is -2.40. The summed E-state index contributed by atoms with van der Waals surface area (Å²) in [6, 6.07) is 12.4. The molecule has 4 atom stereocenters. The second-order valence-electron chi connectivity index (χ2n) is 12.2. The van der Waals surface area contributed by atoms with Crippen LogP contribution in [0, 0.1) is 27.8 Å². The average molecular weight is 690 g/mol. The number of benzene rings is 3. The first-order valence-corrected chi connectivity index (χ1v) is 17.1. The summed E-state index contributed by atoms with van der Waals surface area (Å²) < 4.78 is 40.5. The maximum absolute atomic E-state index is 16.1. The summed E-state index contributed by atoms with van der Waals surface area (Å²) in [5, 5.41) is 15.4. The van der Waals surface area contributed by atoms with Gasteiger partial charge < -0.3 is 10.2 Å². The molecule has 2 saturated heterocycles. The highest BCUT2D eigenvalue weighted by Gasteiger charge is 2.70. The quantitative estimate of drug-likeness (QED) is 0.243. The number of amides is 2. The Kier molecular flexibility index (Phi) is 7.94. The van der Waals surface area contributed by atoms with Gasteiger partial charge in [0.2, 0.25) is 11.8 Å². The second-order valence-corrected chi connectivity index (χ2v) is 15.0. The molecule has 0 radical (unpaired) electrons. The molecule has 0 aromatic heterocycles. The number of nitrogens with one attached hydrogen (secondary N) is 1. The van der Waals surface area contributed by atoms with Crippen LogP contribution in [-0.2, 0) is 25.0 Å². The van der Waals surface area contributed by atoms with Crippen LogP contribution < -0.4 is 10.2 Å². The van der Waals surface area contributed by atoms with Crippen LogP contribution in [0.2, 0.25) is 10.0 Å². The lowest BCUT2D eigenvalue weighted by molar-refractivity contribution is -0.384. The lowest BCUT2D eigenvalue weighted by atomic mass is 9.70. The van der Waals surface area contributed by atoms with E-state index < -0.39 is 61.5 Å². The van der Waals surface area contributed by atoms with Crippen molar-refractivity contribution in [3.8, 4) is 0 Å². The van der Waals surface area contributed by atoms with E-state index >= 15 is 4.39 Å². The summed E-state index contributed by atoms with van der Waals surface area (Å²) in [6.07, 6.45) is 3.17. The van der Waals surface area contributed by atoms with Gasteiger partial charge in [-0.3, -0.25) is 24.6 Å². The van der Waals surface area contributed by atoms with Crippen molar-refractivity contribution in [1.82, 2.24) is 4.90 Å². The van der Waals surface area contributed by atoms with Gasteiger partial charge in [0.05, 0.1) is 20.8 Å². The van der Waals surface area contributed by atoms with Gasteiger partial charge in [-0.1, -0.05) is 48.8 Å². The van der Waals surface area contributed by atoms with Gasteiger partial charge >= 0.3 is 0 Å². The third-order valence-corrected chi connectivity index (χ3v) is 11.2. The van der Waals surface area contributed by atoms with E-state index in [-0.39, 0.29) is 41.1 Å². The Bertz CT molecular complexity index is 1920. The highest BCUT2D eigenvalue weighted by Crippen LogP contribution is 2.62. The monoisotopic (exact) mass is 688 g/mol. The van der Waals surface area contributed by atoms with E-state index in [1.165, 1.54) is 29.2 Å². The van der Waals surface area contributed by atoms with Gasteiger partial charge in [-0.05, 0) is 61.1 Å². The van der Waals surface area contributed by atoms with Gasteiger partial charge in [0.15, 0.2) is 9.84 Å². The van der Waals surface area contributed by atoms with Crippen molar-refractivity contribution < 1.29 is 27.3 Å². The van der Waals surface area contributed by atoms with E-state index in [9.17, 15) is 28.1 Å². The van der Waals surface area contributed by atoms with Crippen molar-refractivity contribution >= 4 is 61.9 Å². The number of halogens is 3. The normalized spacial score (nSPS) is 25.7. The first-order valence-electron chi connectivity index (χ1n) is 14.5.